The van der Waals surface area contributed by atoms with E-state index in [-0.39, 0.29) is 22.2 Å². The number of sulfonamides is 1. The van der Waals surface area contributed by atoms with Crippen molar-refractivity contribution < 1.29 is 13.3 Å². The zero-order valence-corrected chi connectivity index (χ0v) is 18.4. The summed E-state index contributed by atoms with van der Waals surface area (Å²) < 4.78 is 30.4. The van der Waals surface area contributed by atoms with Crippen molar-refractivity contribution in [1.82, 2.24) is 10.2 Å². The molecule has 2 aromatic carbocycles. The quantitative estimate of drug-likeness (QED) is 0.173. The SMILES string of the molecule is Cc1ccc(Nc2ccc([N+](=O)[O-])cc2S(=O)(=O)/N=C(\NC#N)N2CCCCCC2)cc1. The molecule has 1 aliphatic rings. The standard InChI is InChI=1S/C21H24N6O4S/c1-16-6-8-17(9-7-16)24-19-11-10-18(27(28)29)14-20(19)32(30,31)25-21(23-15-22)26-12-4-2-3-5-13-26/h6-11,14,24H,2-5,12-13H2,1H3,(H,23,25). The Bertz CT molecular complexity index is 1150. The largest absolute Gasteiger partial charge is 0.354 e. The number of benzene rings is 2. The molecule has 168 valence electrons. The summed E-state index contributed by atoms with van der Waals surface area (Å²) in [5, 5.41) is 25.8. The van der Waals surface area contributed by atoms with Crippen LogP contribution in [0.3, 0.4) is 0 Å². The highest BCUT2D eigenvalue weighted by Crippen LogP contribution is 2.30. The third-order valence-corrected chi connectivity index (χ3v) is 6.37. The second-order valence-corrected chi connectivity index (χ2v) is 9.03. The first kappa shape index (κ1) is 23.0. The molecule has 0 amide bonds. The Balaban J connectivity index is 2.05. The van der Waals surface area contributed by atoms with Crippen molar-refractivity contribution in [2.75, 3.05) is 18.4 Å². The van der Waals surface area contributed by atoms with Gasteiger partial charge in [-0.2, -0.15) is 13.7 Å². The summed E-state index contributed by atoms with van der Waals surface area (Å²) >= 11 is 0. The monoisotopic (exact) mass is 456 g/mol. The normalized spacial score (nSPS) is 14.9. The van der Waals surface area contributed by atoms with E-state index >= 15 is 0 Å². The van der Waals surface area contributed by atoms with Gasteiger partial charge in [-0.15, -0.1) is 4.40 Å². The molecule has 1 fully saturated rings. The predicted octanol–water partition coefficient (Wildman–Crippen LogP) is 3.64. The minimum absolute atomic E-state index is 0.0813. The Morgan fingerprint density at radius 3 is 2.38 bits per heavy atom. The average Bonchev–Trinajstić information content (AvgIpc) is 3.04. The van der Waals surface area contributed by atoms with Gasteiger partial charge in [-0.25, -0.2) is 0 Å². The van der Waals surface area contributed by atoms with Crippen molar-refractivity contribution in [3.63, 3.8) is 0 Å². The van der Waals surface area contributed by atoms with E-state index in [4.69, 9.17) is 5.26 Å². The van der Waals surface area contributed by atoms with Crippen LogP contribution in [0.2, 0.25) is 0 Å². The molecule has 0 aromatic heterocycles. The molecule has 0 radical (unpaired) electrons. The van der Waals surface area contributed by atoms with Crippen LogP contribution in [-0.2, 0) is 10.0 Å². The molecule has 0 aliphatic carbocycles. The fraction of sp³-hybridized carbons (Fsp3) is 0.333. The van der Waals surface area contributed by atoms with E-state index in [1.807, 2.05) is 19.1 Å². The van der Waals surface area contributed by atoms with Gasteiger partial charge in [0.2, 0.25) is 5.96 Å². The van der Waals surface area contributed by atoms with E-state index in [9.17, 15) is 18.5 Å². The number of likely N-dealkylation sites (tertiary alicyclic amines) is 1. The van der Waals surface area contributed by atoms with Gasteiger partial charge in [0, 0.05) is 30.9 Å². The summed E-state index contributed by atoms with van der Waals surface area (Å²) in [5.74, 6) is -0.0813. The van der Waals surface area contributed by atoms with E-state index in [0.717, 1.165) is 37.3 Å². The van der Waals surface area contributed by atoms with Gasteiger partial charge >= 0.3 is 0 Å². The van der Waals surface area contributed by atoms with Gasteiger partial charge in [0.05, 0.1) is 10.6 Å². The summed E-state index contributed by atoms with van der Waals surface area (Å²) in [6, 6.07) is 10.8. The van der Waals surface area contributed by atoms with E-state index < -0.39 is 14.9 Å². The maximum Gasteiger partial charge on any atom is 0.287 e. The maximum atomic E-state index is 13.3. The number of nitro benzene ring substituents is 1. The number of nitriles is 1. The molecule has 1 aliphatic heterocycles. The second kappa shape index (κ2) is 10.1. The minimum Gasteiger partial charge on any atom is -0.354 e. The van der Waals surface area contributed by atoms with Crippen molar-refractivity contribution in [3.05, 3.63) is 58.1 Å². The van der Waals surface area contributed by atoms with Gasteiger partial charge in [0.25, 0.3) is 15.7 Å². The van der Waals surface area contributed by atoms with Crippen LogP contribution in [0, 0.1) is 28.5 Å². The third kappa shape index (κ3) is 5.73. The Morgan fingerprint density at radius 1 is 1.12 bits per heavy atom. The average molecular weight is 457 g/mol. The number of nitrogens with one attached hydrogen (secondary N) is 2. The molecular formula is C21H24N6O4S. The Hall–Kier alpha value is -3.65. The van der Waals surface area contributed by atoms with Gasteiger partial charge in [-0.05, 0) is 38.0 Å². The molecule has 32 heavy (non-hydrogen) atoms. The van der Waals surface area contributed by atoms with Gasteiger partial charge in [0.1, 0.15) is 4.90 Å². The third-order valence-electron chi connectivity index (χ3n) is 5.06. The number of hydrogen-bond donors (Lipinski definition) is 2. The number of non-ortho nitro benzene ring substituents is 1. The smallest absolute Gasteiger partial charge is 0.287 e. The van der Waals surface area contributed by atoms with Crippen LogP contribution in [0.5, 0.6) is 0 Å². The van der Waals surface area contributed by atoms with Crippen molar-refractivity contribution in [1.29, 1.82) is 5.26 Å². The van der Waals surface area contributed by atoms with Crippen LogP contribution in [0.25, 0.3) is 0 Å². The molecule has 2 aromatic rings. The van der Waals surface area contributed by atoms with Gasteiger partial charge in [0.15, 0.2) is 6.19 Å². The first-order valence-electron chi connectivity index (χ1n) is 10.2. The molecule has 0 atom stereocenters. The van der Waals surface area contributed by atoms with E-state index in [1.165, 1.54) is 12.1 Å². The van der Waals surface area contributed by atoms with E-state index in [1.54, 1.807) is 23.2 Å². The zero-order chi connectivity index (χ0) is 23.1. The molecule has 0 saturated carbocycles. The van der Waals surface area contributed by atoms with Crippen LogP contribution in [0.4, 0.5) is 17.1 Å². The summed E-state index contributed by atoms with van der Waals surface area (Å²) in [4.78, 5) is 12.0. The van der Waals surface area contributed by atoms with Crippen LogP contribution in [0.1, 0.15) is 31.2 Å². The molecule has 0 unspecified atom stereocenters. The first-order valence-corrected chi connectivity index (χ1v) is 11.6. The van der Waals surface area contributed by atoms with Crippen molar-refractivity contribution >= 4 is 33.0 Å². The van der Waals surface area contributed by atoms with E-state index in [2.05, 4.69) is 15.0 Å². The van der Waals surface area contributed by atoms with Gasteiger partial charge in [-0.3, -0.25) is 15.4 Å². The summed E-state index contributed by atoms with van der Waals surface area (Å²) in [6.45, 7) is 3.05. The lowest BCUT2D eigenvalue weighted by atomic mass is 10.2. The molecule has 1 heterocycles. The van der Waals surface area contributed by atoms with Gasteiger partial charge in [-0.1, -0.05) is 30.5 Å². The molecular weight excluding hydrogens is 432 g/mol. The Kier molecular flexibility index (Phi) is 7.27. The molecule has 0 bridgehead atoms. The Labute approximate surface area is 186 Å². The van der Waals surface area contributed by atoms with Crippen LogP contribution in [-0.4, -0.2) is 37.3 Å². The molecule has 3 rings (SSSR count). The minimum atomic E-state index is -4.39. The molecule has 10 nitrogen and oxygen atoms in total. The molecule has 2 N–H and O–H groups in total. The fourth-order valence-electron chi connectivity index (χ4n) is 3.39. The number of guanidine groups is 1. The van der Waals surface area contributed by atoms with Crippen molar-refractivity contribution in [2.45, 2.75) is 37.5 Å². The molecule has 1 saturated heterocycles. The Morgan fingerprint density at radius 2 is 1.78 bits per heavy atom. The van der Waals surface area contributed by atoms with Crippen molar-refractivity contribution in [2.24, 2.45) is 4.40 Å². The topological polar surface area (TPSA) is 141 Å². The highest BCUT2D eigenvalue weighted by atomic mass is 32.2. The highest BCUT2D eigenvalue weighted by Gasteiger charge is 2.25. The highest BCUT2D eigenvalue weighted by molar-refractivity contribution is 7.90. The summed E-state index contributed by atoms with van der Waals surface area (Å²) in [5.41, 5.74) is 1.42. The van der Waals surface area contributed by atoms with Crippen LogP contribution < -0.4 is 10.6 Å². The molecule has 0 spiro atoms. The zero-order valence-electron chi connectivity index (χ0n) is 17.6. The van der Waals surface area contributed by atoms with Crippen LogP contribution >= 0.6 is 0 Å². The van der Waals surface area contributed by atoms with Crippen LogP contribution in [0.15, 0.2) is 51.8 Å². The second-order valence-electron chi connectivity index (χ2n) is 7.46. The number of hydrogen-bond acceptors (Lipinski definition) is 6. The number of rotatable bonds is 5. The van der Waals surface area contributed by atoms with Gasteiger partial charge < -0.3 is 10.2 Å². The predicted molar refractivity (Wildman–Crippen MR) is 121 cm³/mol. The lowest BCUT2D eigenvalue weighted by Gasteiger charge is -2.22. The first-order chi connectivity index (χ1) is 15.3. The molecule has 11 heteroatoms. The lowest BCUT2D eigenvalue weighted by molar-refractivity contribution is -0.385. The lowest BCUT2D eigenvalue weighted by Crippen LogP contribution is -2.40. The summed E-state index contributed by atoms with van der Waals surface area (Å²) in [6.07, 6.45) is 5.46. The maximum absolute atomic E-state index is 13.3. The number of aryl methyl sites for hydroxylation is 1. The number of nitrogens with zero attached hydrogens (tertiary/aromatic N) is 4. The van der Waals surface area contributed by atoms with Crippen molar-refractivity contribution in [3.8, 4) is 6.19 Å². The number of nitro groups is 1. The fourth-order valence-corrected chi connectivity index (χ4v) is 4.54. The summed E-state index contributed by atoms with van der Waals surface area (Å²) in [7, 11) is -4.39. The number of anilines is 2. The van der Waals surface area contributed by atoms with E-state index in [0.29, 0.717) is 18.8 Å².